The van der Waals surface area contributed by atoms with Crippen LogP contribution in [0, 0.1) is 41.9 Å². The lowest BCUT2D eigenvalue weighted by atomic mass is 9.90. The Morgan fingerprint density at radius 1 is 1.42 bits per heavy atom. The molecule has 0 amide bonds. The van der Waals surface area contributed by atoms with Crippen molar-refractivity contribution in [1.82, 2.24) is 0 Å². The van der Waals surface area contributed by atoms with E-state index >= 15 is 0 Å². The van der Waals surface area contributed by atoms with Crippen molar-refractivity contribution >= 4 is 0 Å². The lowest BCUT2D eigenvalue weighted by Crippen LogP contribution is -2.06. The third-order valence-corrected chi connectivity index (χ3v) is 1.34. The van der Waals surface area contributed by atoms with Crippen molar-refractivity contribution in [3.05, 3.63) is 6.92 Å². The monoisotopic (exact) mass is 161 g/mol. The third-order valence-electron chi connectivity index (χ3n) is 1.34. The molecule has 0 heterocycles. The van der Waals surface area contributed by atoms with E-state index in [1.165, 1.54) is 0 Å². The minimum Gasteiger partial charge on any atom is -0.106 e. The van der Waals surface area contributed by atoms with Crippen LogP contribution in [0.15, 0.2) is 0 Å². The second-order valence-corrected chi connectivity index (χ2v) is 3.66. The number of rotatable bonds is 1. The van der Waals surface area contributed by atoms with E-state index < -0.39 is 0 Å². The molecule has 0 aliphatic heterocycles. The van der Waals surface area contributed by atoms with Crippen molar-refractivity contribution in [3.63, 3.8) is 0 Å². The number of hydrogen-bond donors (Lipinski definition) is 0. The smallest absolute Gasteiger partial charge is 0.0367 e. The summed E-state index contributed by atoms with van der Waals surface area (Å²) >= 11 is 0. The van der Waals surface area contributed by atoms with Crippen molar-refractivity contribution in [2.75, 3.05) is 0 Å². The van der Waals surface area contributed by atoms with Crippen LogP contribution in [0.5, 0.6) is 0 Å². The van der Waals surface area contributed by atoms with Gasteiger partial charge in [0.2, 0.25) is 0 Å². The first-order valence-electron chi connectivity index (χ1n) is 4.23. The first-order valence-corrected chi connectivity index (χ1v) is 4.23. The summed E-state index contributed by atoms with van der Waals surface area (Å²) in [6.07, 6.45) is 0.827. The summed E-state index contributed by atoms with van der Waals surface area (Å²) in [6.45, 7) is 11.9. The zero-order valence-electron chi connectivity index (χ0n) is 8.49. The van der Waals surface area contributed by atoms with Gasteiger partial charge >= 0.3 is 0 Å². The van der Waals surface area contributed by atoms with Crippen molar-refractivity contribution < 1.29 is 0 Å². The highest BCUT2D eigenvalue weighted by Crippen LogP contribution is 2.17. The Morgan fingerprint density at radius 3 is 2.42 bits per heavy atom. The van der Waals surface area contributed by atoms with Crippen LogP contribution in [-0.2, 0) is 0 Å². The summed E-state index contributed by atoms with van der Waals surface area (Å²) in [5.41, 5.74) is 0.0244. The molecule has 0 spiro atoms. The van der Waals surface area contributed by atoms with Gasteiger partial charge in [0.1, 0.15) is 0 Å². The predicted molar refractivity (Wildman–Crippen MR) is 54.1 cm³/mol. The van der Waals surface area contributed by atoms with Crippen LogP contribution >= 0.6 is 0 Å². The molecule has 12 heavy (non-hydrogen) atoms. The van der Waals surface area contributed by atoms with Crippen molar-refractivity contribution in [2.24, 2.45) is 11.3 Å². The molecule has 0 aromatic rings. The summed E-state index contributed by atoms with van der Waals surface area (Å²) in [5, 5.41) is 0. The average molecular weight is 161 g/mol. The molecule has 0 bridgehead atoms. The Morgan fingerprint density at radius 2 is 2.00 bits per heavy atom. The van der Waals surface area contributed by atoms with Crippen LogP contribution in [-0.4, -0.2) is 0 Å². The zero-order valence-corrected chi connectivity index (χ0v) is 8.49. The third kappa shape index (κ3) is 5.87. The van der Waals surface area contributed by atoms with E-state index in [1.54, 1.807) is 0 Å². The molecule has 0 nitrogen and oxygen atoms in total. The van der Waals surface area contributed by atoms with Gasteiger partial charge in [0.25, 0.3) is 0 Å². The van der Waals surface area contributed by atoms with E-state index in [0.717, 1.165) is 6.42 Å². The molecule has 0 fully saturated rings. The van der Waals surface area contributed by atoms with Crippen molar-refractivity contribution in [2.45, 2.75) is 34.1 Å². The van der Waals surface area contributed by atoms with Gasteiger partial charge in [-0.05, 0) is 27.7 Å². The molecule has 0 aliphatic rings. The summed E-state index contributed by atoms with van der Waals surface area (Å²) in [7, 11) is 0. The molecule has 1 atom stereocenters. The fraction of sp³-hybridized carbons (Fsp3) is 0.583. The second kappa shape index (κ2) is 4.89. The van der Waals surface area contributed by atoms with Gasteiger partial charge in [0.05, 0.1) is 0 Å². The Bertz CT molecular complexity index is 235. The maximum atomic E-state index is 3.79. The van der Waals surface area contributed by atoms with Gasteiger partial charge < -0.3 is 0 Å². The largest absolute Gasteiger partial charge is 0.106 e. The van der Waals surface area contributed by atoms with E-state index in [2.05, 4.69) is 44.5 Å². The van der Waals surface area contributed by atoms with E-state index in [4.69, 9.17) is 0 Å². The van der Waals surface area contributed by atoms with Gasteiger partial charge in [-0.1, -0.05) is 12.8 Å². The lowest BCUT2D eigenvalue weighted by Gasteiger charge is -2.12. The van der Waals surface area contributed by atoms with E-state index in [9.17, 15) is 0 Å². The molecular weight excluding hydrogens is 144 g/mol. The minimum atomic E-state index is 0.0244. The Hall–Kier alpha value is -0.880. The summed E-state index contributed by atoms with van der Waals surface area (Å²) < 4.78 is 0. The summed E-state index contributed by atoms with van der Waals surface area (Å²) in [5.74, 6) is 12.4. The Kier molecular flexibility index (Phi) is 4.53. The lowest BCUT2D eigenvalue weighted by molar-refractivity contribution is 0.521. The zero-order chi connectivity index (χ0) is 9.61. The van der Waals surface area contributed by atoms with Gasteiger partial charge in [-0.25, -0.2) is 0 Å². The van der Waals surface area contributed by atoms with Crippen LogP contribution in [0.3, 0.4) is 0 Å². The SMILES string of the molecule is [CH2]C(C)C#CCC(C)(C)C#CC. The second-order valence-electron chi connectivity index (χ2n) is 3.66. The fourth-order valence-corrected chi connectivity index (χ4v) is 0.829. The molecule has 0 N–H and O–H groups in total. The van der Waals surface area contributed by atoms with E-state index in [0.29, 0.717) is 0 Å². The maximum absolute atomic E-state index is 3.79. The van der Waals surface area contributed by atoms with Crippen LogP contribution in [0.4, 0.5) is 0 Å². The fourth-order valence-electron chi connectivity index (χ4n) is 0.829. The summed E-state index contributed by atoms with van der Waals surface area (Å²) in [6, 6.07) is 0. The molecule has 1 unspecified atom stereocenters. The number of hydrogen-bond acceptors (Lipinski definition) is 0. The highest BCUT2D eigenvalue weighted by Gasteiger charge is 2.11. The van der Waals surface area contributed by atoms with Crippen LogP contribution in [0.25, 0.3) is 0 Å². The molecule has 0 saturated carbocycles. The molecule has 0 rings (SSSR count). The van der Waals surface area contributed by atoms with Gasteiger partial charge in [-0.3, -0.25) is 0 Å². The highest BCUT2D eigenvalue weighted by atomic mass is 14.1. The van der Waals surface area contributed by atoms with Crippen LogP contribution in [0.2, 0.25) is 0 Å². The Labute approximate surface area is 76.8 Å². The maximum Gasteiger partial charge on any atom is 0.0367 e. The first-order chi connectivity index (χ1) is 5.48. The van der Waals surface area contributed by atoms with E-state index in [-0.39, 0.29) is 11.3 Å². The molecule has 0 saturated heterocycles. The van der Waals surface area contributed by atoms with Gasteiger partial charge in [0, 0.05) is 17.8 Å². The first kappa shape index (κ1) is 11.1. The molecule has 0 aromatic heterocycles. The molecule has 65 valence electrons. The average Bonchev–Trinajstić information content (AvgIpc) is 1.85. The summed E-state index contributed by atoms with van der Waals surface area (Å²) in [4.78, 5) is 0. The van der Waals surface area contributed by atoms with Crippen LogP contribution < -0.4 is 0 Å². The van der Waals surface area contributed by atoms with Gasteiger partial charge in [-0.15, -0.1) is 17.8 Å². The van der Waals surface area contributed by atoms with Crippen molar-refractivity contribution in [1.29, 1.82) is 0 Å². The Balaban J connectivity index is 4.08. The minimum absolute atomic E-state index is 0.0244. The molecular formula is C12H17. The molecule has 0 aromatic carbocycles. The highest BCUT2D eigenvalue weighted by molar-refractivity contribution is 5.14. The molecule has 1 radical (unpaired) electrons. The standard InChI is InChI=1S/C12H17/c1-6-9-12(4,5)10-7-8-11(2)3/h11H,2,10H2,1,3-5H3. The van der Waals surface area contributed by atoms with Gasteiger partial charge in [0.15, 0.2) is 0 Å². The predicted octanol–water partition coefficient (Wildman–Crippen LogP) is 2.90. The normalized spacial score (nSPS) is 9.83. The van der Waals surface area contributed by atoms with E-state index in [1.807, 2.05) is 13.8 Å². The van der Waals surface area contributed by atoms with Gasteiger partial charge in [-0.2, -0.15) is 0 Å². The van der Waals surface area contributed by atoms with Crippen molar-refractivity contribution in [3.8, 4) is 23.7 Å². The van der Waals surface area contributed by atoms with Crippen LogP contribution in [0.1, 0.15) is 34.1 Å². The molecule has 0 aliphatic carbocycles. The topological polar surface area (TPSA) is 0 Å². The molecule has 0 heteroatoms. The quantitative estimate of drug-likeness (QED) is 0.519.